The summed E-state index contributed by atoms with van der Waals surface area (Å²) < 4.78 is 68.5. The van der Waals surface area contributed by atoms with Gasteiger partial charge in [0.05, 0.1) is 26.4 Å². The van der Waals surface area contributed by atoms with E-state index in [1.807, 2.05) is 0 Å². The predicted molar refractivity (Wildman–Crippen MR) is 408 cm³/mol. The minimum absolute atomic E-state index is 0.0752. The van der Waals surface area contributed by atoms with E-state index in [1.54, 1.807) is 0 Å². The molecule has 5 unspecified atom stereocenters. The van der Waals surface area contributed by atoms with E-state index in [-0.39, 0.29) is 25.7 Å². The summed E-state index contributed by atoms with van der Waals surface area (Å²) in [7, 11) is -9.96. The van der Waals surface area contributed by atoms with Gasteiger partial charge >= 0.3 is 39.5 Å². The zero-order valence-corrected chi connectivity index (χ0v) is 64.6. The van der Waals surface area contributed by atoms with Crippen molar-refractivity contribution < 1.29 is 80.2 Å². The summed E-state index contributed by atoms with van der Waals surface area (Å²) in [4.78, 5) is 72.9. The monoisotopic (exact) mass is 1450 g/mol. The van der Waals surface area contributed by atoms with Crippen LogP contribution in [0.15, 0.2) is 109 Å². The molecule has 0 saturated carbocycles. The predicted octanol–water partition coefficient (Wildman–Crippen LogP) is 22.6. The third-order valence-electron chi connectivity index (χ3n) is 16.2. The Morgan fingerprint density at radius 3 is 0.850 bits per heavy atom. The molecule has 3 N–H and O–H groups in total. The number of allylic oxidation sites excluding steroid dienone is 18. The highest BCUT2D eigenvalue weighted by Crippen LogP contribution is 2.45. The van der Waals surface area contributed by atoms with Gasteiger partial charge in [0.25, 0.3) is 0 Å². The Kier molecular flexibility index (Phi) is 69.9. The van der Waals surface area contributed by atoms with Gasteiger partial charge in [-0.1, -0.05) is 265 Å². The smallest absolute Gasteiger partial charge is 0.462 e. The summed E-state index contributed by atoms with van der Waals surface area (Å²) in [6.45, 7) is 4.55. The molecule has 0 aliphatic rings. The molecule has 0 amide bonds. The van der Waals surface area contributed by atoms with E-state index >= 15 is 0 Å². The molecule has 0 heterocycles. The van der Waals surface area contributed by atoms with Crippen molar-refractivity contribution in [2.75, 3.05) is 39.6 Å². The van der Waals surface area contributed by atoms with Gasteiger partial charge in [-0.3, -0.25) is 37.3 Å². The molecule has 0 aliphatic carbocycles. The van der Waals surface area contributed by atoms with Crippen LogP contribution in [0.1, 0.15) is 323 Å². The molecule has 0 aliphatic heterocycles. The van der Waals surface area contributed by atoms with Crippen LogP contribution in [0.4, 0.5) is 0 Å². The maximum atomic E-state index is 13.1. The lowest BCUT2D eigenvalue weighted by Gasteiger charge is -2.21. The van der Waals surface area contributed by atoms with Gasteiger partial charge in [-0.05, 0) is 141 Å². The molecule has 0 spiro atoms. The fraction of sp³-hybridized carbons (Fsp3) is 0.728. The molecule has 0 saturated heterocycles. The SMILES string of the molecule is CC/C=C\C/C=C\C/C=C\CCCCCCCCCC(=O)OCC(COP(=O)(O)OCC(O)COP(=O)(O)OCC(COC(=O)CCCCCCC/C=C\C/C=C\C/C=C\CC)OC(=O)CCCCCCC/C=C\CCCCCCCC)OC(=O)CCCCCCC/C=C\C/C=C\CCC. The van der Waals surface area contributed by atoms with Gasteiger partial charge in [-0.25, -0.2) is 9.13 Å². The number of unbranched alkanes of at least 4 members (excludes halogenated alkanes) is 29. The topological polar surface area (TPSA) is 237 Å². The summed E-state index contributed by atoms with van der Waals surface area (Å²) in [6.07, 6.45) is 77.8. The van der Waals surface area contributed by atoms with Crippen molar-refractivity contribution in [1.82, 2.24) is 0 Å². The van der Waals surface area contributed by atoms with Crippen LogP contribution in [0.5, 0.6) is 0 Å². The van der Waals surface area contributed by atoms with E-state index in [9.17, 15) is 43.2 Å². The molecule has 576 valence electrons. The van der Waals surface area contributed by atoms with Crippen molar-refractivity contribution in [3.05, 3.63) is 109 Å². The average Bonchev–Trinajstić information content (AvgIpc) is 0.965. The number of aliphatic hydroxyl groups excluding tert-OH is 1. The first-order chi connectivity index (χ1) is 48.7. The van der Waals surface area contributed by atoms with Crippen molar-refractivity contribution in [1.29, 1.82) is 0 Å². The van der Waals surface area contributed by atoms with Crippen LogP contribution in [0.2, 0.25) is 0 Å². The molecular weight excluding hydrogens is 1310 g/mol. The van der Waals surface area contributed by atoms with Gasteiger partial charge in [0.2, 0.25) is 0 Å². The Morgan fingerprint density at radius 1 is 0.290 bits per heavy atom. The fourth-order valence-corrected chi connectivity index (χ4v) is 11.9. The Hall–Kier alpha value is -4.28. The minimum Gasteiger partial charge on any atom is -0.462 e. The van der Waals surface area contributed by atoms with Gasteiger partial charge in [-0.2, -0.15) is 0 Å². The number of carbonyl (C=O) groups excluding carboxylic acids is 4. The van der Waals surface area contributed by atoms with Crippen LogP contribution in [0, 0.1) is 0 Å². The van der Waals surface area contributed by atoms with Crippen molar-refractivity contribution in [3.8, 4) is 0 Å². The van der Waals surface area contributed by atoms with Crippen LogP contribution < -0.4 is 0 Å². The first kappa shape index (κ1) is 95.7. The molecule has 0 aromatic carbocycles. The number of hydrogen-bond acceptors (Lipinski definition) is 15. The number of rotatable bonds is 73. The van der Waals surface area contributed by atoms with Gasteiger partial charge in [0, 0.05) is 25.7 Å². The molecule has 0 aromatic heterocycles. The quantitative estimate of drug-likeness (QED) is 0.0169. The van der Waals surface area contributed by atoms with Gasteiger partial charge in [0.1, 0.15) is 19.3 Å². The zero-order chi connectivity index (χ0) is 73.2. The molecule has 100 heavy (non-hydrogen) atoms. The second-order valence-corrected chi connectivity index (χ2v) is 28.8. The normalized spacial score (nSPS) is 14.5. The van der Waals surface area contributed by atoms with E-state index in [2.05, 4.69) is 137 Å². The Balaban J connectivity index is 5.37. The van der Waals surface area contributed by atoms with Crippen LogP contribution in [0.3, 0.4) is 0 Å². The third kappa shape index (κ3) is 72.1. The standard InChI is InChI=1S/C81H140O17P2/c1-5-9-13-17-21-25-29-33-36-37-40-43-46-50-54-58-62-66-79(84)92-71-76(97-80(85)67-63-59-55-51-47-41-32-28-24-20-16-12-8-4)73-95-99(87,88)93-69-75(82)70-94-100(89,90)96-74-77(98-81(86)68-64-60-56-52-48-44-39-35-31-27-23-19-15-11-7-3)72-91-78(83)65-61-57-53-49-45-42-38-34-30-26-22-18-14-10-6-2/h9-10,13-14,16,20-22,25-26,28,32-36,38-39,75-77,82H,5-8,11-12,15,17-19,23-24,27,29-31,37,40-74H2,1-4H3,(H,87,88)(H,89,90)/b13-9-,14-10-,20-16-,25-21-,26-22-,32-28-,36-33-,38-34-,39-35-. The molecular formula is C81H140O17P2. The number of ether oxygens (including phenoxy) is 4. The Bertz CT molecular complexity index is 2320. The first-order valence-electron chi connectivity index (χ1n) is 39.1. The number of hydrogen-bond donors (Lipinski definition) is 3. The average molecular weight is 1450 g/mol. The van der Waals surface area contributed by atoms with E-state index in [1.165, 1.54) is 38.5 Å². The summed E-state index contributed by atoms with van der Waals surface area (Å²) in [5.74, 6) is -2.22. The lowest BCUT2D eigenvalue weighted by molar-refractivity contribution is -0.161. The van der Waals surface area contributed by atoms with Gasteiger partial charge in [-0.15, -0.1) is 0 Å². The lowest BCUT2D eigenvalue weighted by atomic mass is 10.1. The number of phosphoric ester groups is 2. The molecule has 17 nitrogen and oxygen atoms in total. The summed E-state index contributed by atoms with van der Waals surface area (Å²) >= 11 is 0. The molecule has 0 bridgehead atoms. The molecule has 0 radical (unpaired) electrons. The summed E-state index contributed by atoms with van der Waals surface area (Å²) in [5, 5.41) is 10.6. The maximum absolute atomic E-state index is 13.1. The van der Waals surface area contributed by atoms with Gasteiger partial charge in [0.15, 0.2) is 12.2 Å². The Labute approximate surface area is 607 Å². The van der Waals surface area contributed by atoms with Crippen LogP contribution in [0.25, 0.3) is 0 Å². The molecule has 19 heteroatoms. The summed E-state index contributed by atoms with van der Waals surface area (Å²) in [5.41, 5.74) is 0. The maximum Gasteiger partial charge on any atom is 0.472 e. The van der Waals surface area contributed by atoms with Crippen LogP contribution in [-0.2, 0) is 65.4 Å². The fourth-order valence-electron chi connectivity index (χ4n) is 10.3. The molecule has 0 aromatic rings. The second kappa shape index (κ2) is 73.0. The molecule has 0 fully saturated rings. The van der Waals surface area contributed by atoms with E-state index < -0.39 is 97.5 Å². The van der Waals surface area contributed by atoms with Gasteiger partial charge < -0.3 is 33.8 Å². The van der Waals surface area contributed by atoms with Crippen molar-refractivity contribution in [3.63, 3.8) is 0 Å². The van der Waals surface area contributed by atoms with Crippen molar-refractivity contribution in [2.24, 2.45) is 0 Å². The lowest BCUT2D eigenvalue weighted by Crippen LogP contribution is -2.30. The third-order valence-corrected chi connectivity index (χ3v) is 18.1. The minimum atomic E-state index is -4.98. The number of phosphoric acid groups is 2. The molecule has 5 atom stereocenters. The van der Waals surface area contributed by atoms with Crippen LogP contribution >= 0.6 is 15.6 Å². The van der Waals surface area contributed by atoms with E-state index in [0.29, 0.717) is 25.7 Å². The van der Waals surface area contributed by atoms with E-state index in [0.717, 1.165) is 205 Å². The summed E-state index contributed by atoms with van der Waals surface area (Å²) in [6, 6.07) is 0. The number of carbonyl (C=O) groups is 4. The van der Waals surface area contributed by atoms with Crippen molar-refractivity contribution >= 4 is 39.5 Å². The highest BCUT2D eigenvalue weighted by molar-refractivity contribution is 7.47. The first-order valence-corrected chi connectivity index (χ1v) is 42.1. The highest BCUT2D eigenvalue weighted by atomic mass is 31.2. The van der Waals surface area contributed by atoms with Crippen molar-refractivity contribution in [2.45, 2.75) is 341 Å². The highest BCUT2D eigenvalue weighted by Gasteiger charge is 2.30. The second-order valence-electron chi connectivity index (χ2n) is 25.9. The number of aliphatic hydroxyl groups is 1. The van der Waals surface area contributed by atoms with E-state index in [4.69, 9.17) is 37.0 Å². The largest absolute Gasteiger partial charge is 0.472 e. The number of esters is 4. The Morgan fingerprint density at radius 2 is 0.540 bits per heavy atom. The molecule has 0 rings (SSSR count). The van der Waals surface area contributed by atoms with Crippen LogP contribution in [-0.4, -0.2) is 96.7 Å². The zero-order valence-electron chi connectivity index (χ0n) is 62.8.